The van der Waals surface area contributed by atoms with Gasteiger partial charge < -0.3 is 10.0 Å². The molecule has 0 aliphatic carbocycles. The van der Waals surface area contributed by atoms with Gasteiger partial charge in [-0.3, -0.25) is 9.59 Å². The Morgan fingerprint density at radius 2 is 1.56 bits per heavy atom. The molecule has 7 heteroatoms. The summed E-state index contributed by atoms with van der Waals surface area (Å²) >= 11 is 0. The smallest absolute Gasteiger partial charge is 0.335 e. The van der Waals surface area contributed by atoms with Crippen LogP contribution in [0.5, 0.6) is 0 Å². The summed E-state index contributed by atoms with van der Waals surface area (Å²) < 4.78 is 0. The summed E-state index contributed by atoms with van der Waals surface area (Å²) in [7, 11) is 0. The third-order valence-corrected chi connectivity index (χ3v) is 5.74. The van der Waals surface area contributed by atoms with Crippen molar-refractivity contribution in [2.75, 3.05) is 4.90 Å². The second-order valence-corrected chi connectivity index (χ2v) is 7.90. The third-order valence-electron chi connectivity index (χ3n) is 5.74. The lowest BCUT2D eigenvalue weighted by molar-refractivity contribution is 0.0696. The number of aromatic carboxylic acids is 1. The molecule has 0 atom stereocenters. The van der Waals surface area contributed by atoms with Crippen LogP contribution >= 0.6 is 0 Å². The highest BCUT2D eigenvalue weighted by atomic mass is 16.4. The molecule has 1 aliphatic heterocycles. The molecule has 0 saturated heterocycles. The second-order valence-electron chi connectivity index (χ2n) is 7.90. The first-order chi connectivity index (χ1) is 16.5. The number of carbonyl (C=O) groups is 3. The molecule has 166 valence electrons. The Morgan fingerprint density at radius 3 is 2.26 bits per heavy atom. The molecule has 34 heavy (non-hydrogen) atoms. The molecule has 4 aromatic carbocycles. The van der Waals surface area contributed by atoms with Gasteiger partial charge in [-0.15, -0.1) is 0 Å². The number of nitrogens with zero attached hydrogens (tertiary/aromatic N) is 2. The maximum Gasteiger partial charge on any atom is 0.335 e. The van der Waals surface area contributed by atoms with Gasteiger partial charge in [0.1, 0.15) is 0 Å². The SMILES string of the molecule is O=C(O)c1ccc(C=NNC(=O)c2ccc(CN3C(=O)c4cccc5cccc3c45)cc2)cc1. The number of anilines is 1. The number of hydrogen-bond donors (Lipinski definition) is 2. The van der Waals surface area contributed by atoms with Gasteiger partial charge in [-0.05, 0) is 52.9 Å². The zero-order chi connectivity index (χ0) is 23.7. The molecule has 5 rings (SSSR count). The van der Waals surface area contributed by atoms with Crippen molar-refractivity contribution in [3.8, 4) is 0 Å². The van der Waals surface area contributed by atoms with Crippen LogP contribution in [0, 0.1) is 0 Å². The van der Waals surface area contributed by atoms with Crippen molar-refractivity contribution in [3.63, 3.8) is 0 Å². The average molecular weight is 449 g/mol. The molecule has 1 aliphatic rings. The van der Waals surface area contributed by atoms with Crippen LogP contribution in [0.15, 0.2) is 90.0 Å². The minimum absolute atomic E-state index is 0.0284. The van der Waals surface area contributed by atoms with Crippen LogP contribution in [-0.4, -0.2) is 29.1 Å². The summed E-state index contributed by atoms with van der Waals surface area (Å²) in [6, 6.07) is 24.8. The fourth-order valence-corrected chi connectivity index (χ4v) is 4.02. The molecule has 7 nitrogen and oxygen atoms in total. The number of carboxylic acids is 1. The van der Waals surface area contributed by atoms with Crippen molar-refractivity contribution in [3.05, 3.63) is 113 Å². The number of hydrogen-bond acceptors (Lipinski definition) is 4. The summed E-state index contributed by atoms with van der Waals surface area (Å²) in [6.07, 6.45) is 1.44. The molecule has 0 saturated carbocycles. The topological polar surface area (TPSA) is 99.1 Å². The van der Waals surface area contributed by atoms with Crippen molar-refractivity contribution >= 4 is 40.5 Å². The van der Waals surface area contributed by atoms with E-state index in [0.29, 0.717) is 23.2 Å². The van der Waals surface area contributed by atoms with Crippen molar-refractivity contribution in [1.82, 2.24) is 5.43 Å². The Balaban J connectivity index is 1.24. The van der Waals surface area contributed by atoms with E-state index in [0.717, 1.165) is 22.0 Å². The second kappa shape index (κ2) is 8.63. The van der Waals surface area contributed by atoms with Gasteiger partial charge in [0.25, 0.3) is 11.8 Å². The van der Waals surface area contributed by atoms with Crippen LogP contribution < -0.4 is 10.3 Å². The molecule has 2 N–H and O–H groups in total. The van der Waals surface area contributed by atoms with E-state index in [1.54, 1.807) is 29.2 Å². The zero-order valence-electron chi connectivity index (χ0n) is 17.9. The van der Waals surface area contributed by atoms with E-state index < -0.39 is 5.97 Å². The number of benzene rings is 4. The van der Waals surface area contributed by atoms with Gasteiger partial charge >= 0.3 is 5.97 Å². The maximum atomic E-state index is 13.0. The summed E-state index contributed by atoms with van der Waals surface area (Å²) in [4.78, 5) is 38.0. The predicted molar refractivity (Wildman–Crippen MR) is 129 cm³/mol. The van der Waals surface area contributed by atoms with Gasteiger partial charge in [-0.1, -0.05) is 48.5 Å². The molecule has 0 spiro atoms. The molecule has 0 unspecified atom stereocenters. The van der Waals surface area contributed by atoms with Crippen molar-refractivity contribution in [1.29, 1.82) is 0 Å². The third kappa shape index (κ3) is 3.91. The van der Waals surface area contributed by atoms with E-state index >= 15 is 0 Å². The lowest BCUT2D eigenvalue weighted by Crippen LogP contribution is -2.26. The lowest BCUT2D eigenvalue weighted by Gasteiger charge is -2.18. The van der Waals surface area contributed by atoms with Crippen molar-refractivity contribution in [2.24, 2.45) is 5.10 Å². The lowest BCUT2D eigenvalue weighted by atomic mass is 10.1. The van der Waals surface area contributed by atoms with Crippen LogP contribution in [0.3, 0.4) is 0 Å². The molecular weight excluding hydrogens is 430 g/mol. The summed E-state index contributed by atoms with van der Waals surface area (Å²) in [5.41, 5.74) is 6.23. The van der Waals surface area contributed by atoms with Crippen LogP contribution in [0.4, 0.5) is 5.69 Å². The average Bonchev–Trinajstić information content (AvgIpc) is 3.13. The normalized spacial score (nSPS) is 12.5. The molecule has 0 aromatic heterocycles. The Hall–Kier alpha value is -4.78. The minimum atomic E-state index is -1.00. The summed E-state index contributed by atoms with van der Waals surface area (Å²) in [5, 5.41) is 14.9. The van der Waals surface area contributed by atoms with E-state index in [4.69, 9.17) is 5.11 Å². The predicted octanol–water partition coefficient (Wildman–Crippen LogP) is 4.46. The van der Waals surface area contributed by atoms with E-state index in [2.05, 4.69) is 10.5 Å². The number of carboxylic acid groups (broad SMARTS) is 1. The van der Waals surface area contributed by atoms with Gasteiger partial charge in [-0.25, -0.2) is 10.2 Å². The molecular formula is C27H19N3O4. The van der Waals surface area contributed by atoms with Gasteiger partial charge in [0.05, 0.1) is 24.0 Å². The van der Waals surface area contributed by atoms with E-state index in [1.807, 2.05) is 48.5 Å². The van der Waals surface area contributed by atoms with Crippen LogP contribution in [0.2, 0.25) is 0 Å². The highest BCUT2D eigenvalue weighted by Gasteiger charge is 2.29. The Bertz CT molecular complexity index is 1450. The molecule has 2 amide bonds. The quantitative estimate of drug-likeness (QED) is 0.335. The minimum Gasteiger partial charge on any atom is -0.478 e. The maximum absolute atomic E-state index is 13.0. The van der Waals surface area contributed by atoms with Gasteiger partial charge in [0.2, 0.25) is 0 Å². The first-order valence-electron chi connectivity index (χ1n) is 10.6. The Kier molecular flexibility index (Phi) is 5.35. The van der Waals surface area contributed by atoms with Gasteiger partial charge in [0, 0.05) is 16.5 Å². The summed E-state index contributed by atoms with van der Waals surface area (Å²) in [6.45, 7) is 0.402. The number of amides is 2. The fourth-order valence-electron chi connectivity index (χ4n) is 4.02. The van der Waals surface area contributed by atoms with E-state index in [9.17, 15) is 14.4 Å². The molecule has 4 aromatic rings. The molecule has 0 radical (unpaired) electrons. The van der Waals surface area contributed by atoms with E-state index in [1.165, 1.54) is 18.3 Å². The standard InChI is InChI=1S/C27H19N3O4/c31-25(29-28-15-17-7-13-21(14-8-17)27(33)34)20-11-9-18(10-12-20)16-30-23-6-2-4-19-3-1-5-22(24(19)23)26(30)32/h1-15H,16H2,(H,29,31)(H,33,34). The fraction of sp³-hybridized carbons (Fsp3) is 0.0370. The number of rotatable bonds is 6. The first-order valence-corrected chi connectivity index (χ1v) is 10.6. The molecule has 1 heterocycles. The van der Waals surface area contributed by atoms with Crippen molar-refractivity contribution < 1.29 is 19.5 Å². The zero-order valence-corrected chi connectivity index (χ0v) is 17.9. The summed E-state index contributed by atoms with van der Waals surface area (Å²) in [5.74, 6) is -1.41. The Morgan fingerprint density at radius 1 is 0.882 bits per heavy atom. The molecule has 0 fully saturated rings. The highest BCUT2D eigenvalue weighted by Crippen LogP contribution is 2.37. The highest BCUT2D eigenvalue weighted by molar-refractivity contribution is 6.24. The van der Waals surface area contributed by atoms with E-state index in [-0.39, 0.29) is 17.4 Å². The van der Waals surface area contributed by atoms with Crippen LogP contribution in [0.25, 0.3) is 10.8 Å². The number of carbonyl (C=O) groups excluding carboxylic acids is 2. The monoisotopic (exact) mass is 449 g/mol. The van der Waals surface area contributed by atoms with Crippen LogP contribution in [-0.2, 0) is 6.54 Å². The van der Waals surface area contributed by atoms with Gasteiger partial charge in [0.15, 0.2) is 0 Å². The largest absolute Gasteiger partial charge is 0.478 e. The van der Waals surface area contributed by atoms with Crippen molar-refractivity contribution in [2.45, 2.75) is 6.54 Å². The first kappa shape index (κ1) is 21.1. The Labute approximate surface area is 195 Å². The number of nitrogens with one attached hydrogen (secondary N) is 1. The number of hydrazone groups is 1. The molecule has 0 bridgehead atoms. The van der Waals surface area contributed by atoms with Gasteiger partial charge in [-0.2, -0.15) is 5.10 Å². The van der Waals surface area contributed by atoms with Crippen LogP contribution in [0.1, 0.15) is 42.2 Å².